The summed E-state index contributed by atoms with van der Waals surface area (Å²) in [5.41, 5.74) is 7.24. The Morgan fingerprint density at radius 2 is 1.83 bits per heavy atom. The first-order chi connectivity index (χ1) is 5.70. The van der Waals surface area contributed by atoms with Gasteiger partial charge in [-0.15, -0.1) is 0 Å². The number of nitrogens with two attached hydrogens (primary N) is 1. The predicted octanol–water partition coefficient (Wildman–Crippen LogP) is 1.59. The average Bonchev–Trinajstić information content (AvgIpc) is 2.06. The molecule has 3 nitrogen and oxygen atoms in total. The van der Waals surface area contributed by atoms with Gasteiger partial charge in [0.25, 0.3) is 0 Å². The molecule has 0 unspecified atom stereocenters. The van der Waals surface area contributed by atoms with Crippen LogP contribution in [-0.2, 0) is 0 Å². The third-order valence-electron chi connectivity index (χ3n) is 1.81. The van der Waals surface area contributed by atoms with E-state index in [1.807, 2.05) is 13.0 Å². The van der Waals surface area contributed by atoms with Gasteiger partial charge in [-0.05, 0) is 19.1 Å². The van der Waals surface area contributed by atoms with Crippen molar-refractivity contribution in [1.29, 1.82) is 0 Å². The van der Waals surface area contributed by atoms with E-state index in [0.29, 0.717) is 11.4 Å². The standard InChI is InChI=1S/C9H13NO2/c1-6-8(11-2)5-4-7(10)9(6)12-3/h4-5H,10H2,1-3H3. The van der Waals surface area contributed by atoms with Crippen molar-refractivity contribution < 1.29 is 9.47 Å². The molecule has 1 aromatic carbocycles. The monoisotopic (exact) mass is 167 g/mol. The molecule has 0 spiro atoms. The smallest absolute Gasteiger partial charge is 0.148 e. The molecule has 0 saturated carbocycles. The van der Waals surface area contributed by atoms with Crippen molar-refractivity contribution in [2.24, 2.45) is 0 Å². The summed E-state index contributed by atoms with van der Waals surface area (Å²) in [5, 5.41) is 0. The third-order valence-corrected chi connectivity index (χ3v) is 1.81. The van der Waals surface area contributed by atoms with Crippen LogP contribution in [0.25, 0.3) is 0 Å². The van der Waals surface area contributed by atoms with E-state index in [0.717, 1.165) is 11.3 Å². The van der Waals surface area contributed by atoms with E-state index in [2.05, 4.69) is 0 Å². The Morgan fingerprint density at radius 3 is 2.33 bits per heavy atom. The van der Waals surface area contributed by atoms with Gasteiger partial charge in [-0.3, -0.25) is 0 Å². The van der Waals surface area contributed by atoms with Crippen LogP contribution in [0.1, 0.15) is 5.56 Å². The van der Waals surface area contributed by atoms with Crippen LogP contribution >= 0.6 is 0 Å². The van der Waals surface area contributed by atoms with E-state index in [4.69, 9.17) is 15.2 Å². The molecular formula is C9H13NO2. The quantitative estimate of drug-likeness (QED) is 0.680. The molecule has 3 heteroatoms. The van der Waals surface area contributed by atoms with Crippen LogP contribution in [0, 0.1) is 6.92 Å². The molecule has 0 radical (unpaired) electrons. The highest BCUT2D eigenvalue weighted by molar-refractivity contribution is 5.61. The van der Waals surface area contributed by atoms with E-state index in [9.17, 15) is 0 Å². The summed E-state index contributed by atoms with van der Waals surface area (Å²) in [6, 6.07) is 3.60. The Bertz CT molecular complexity index is 284. The molecule has 0 bridgehead atoms. The Morgan fingerprint density at radius 1 is 1.17 bits per heavy atom. The molecule has 0 saturated heterocycles. The molecule has 1 aromatic rings. The minimum atomic E-state index is 0.635. The maximum Gasteiger partial charge on any atom is 0.148 e. The lowest BCUT2D eigenvalue weighted by Crippen LogP contribution is -1.97. The molecule has 0 fully saturated rings. The first-order valence-electron chi connectivity index (χ1n) is 3.67. The molecule has 0 aromatic heterocycles. The van der Waals surface area contributed by atoms with Crippen molar-refractivity contribution in [3.8, 4) is 11.5 Å². The first kappa shape index (κ1) is 8.71. The second-order valence-electron chi connectivity index (χ2n) is 2.52. The molecule has 0 aliphatic heterocycles. The molecular weight excluding hydrogens is 154 g/mol. The average molecular weight is 167 g/mol. The number of benzene rings is 1. The zero-order valence-electron chi connectivity index (χ0n) is 7.55. The molecule has 66 valence electrons. The normalized spacial score (nSPS) is 9.58. The van der Waals surface area contributed by atoms with Crippen LogP contribution in [0.2, 0.25) is 0 Å². The lowest BCUT2D eigenvalue weighted by Gasteiger charge is -2.11. The van der Waals surface area contributed by atoms with Gasteiger partial charge >= 0.3 is 0 Å². The van der Waals surface area contributed by atoms with Crippen LogP contribution in [0.4, 0.5) is 5.69 Å². The fourth-order valence-corrected chi connectivity index (χ4v) is 1.19. The SMILES string of the molecule is COc1ccc(N)c(OC)c1C. The van der Waals surface area contributed by atoms with Gasteiger partial charge in [-0.25, -0.2) is 0 Å². The third kappa shape index (κ3) is 1.30. The van der Waals surface area contributed by atoms with Gasteiger partial charge in [0.15, 0.2) is 0 Å². The van der Waals surface area contributed by atoms with Crippen LogP contribution in [-0.4, -0.2) is 14.2 Å². The highest BCUT2D eigenvalue weighted by Crippen LogP contribution is 2.32. The molecule has 0 atom stereocenters. The maximum absolute atomic E-state index is 5.67. The Kier molecular flexibility index (Phi) is 2.43. The van der Waals surface area contributed by atoms with Crippen molar-refractivity contribution in [3.05, 3.63) is 17.7 Å². The largest absolute Gasteiger partial charge is 0.496 e. The zero-order chi connectivity index (χ0) is 9.14. The second kappa shape index (κ2) is 3.34. The predicted molar refractivity (Wildman–Crippen MR) is 48.7 cm³/mol. The lowest BCUT2D eigenvalue weighted by atomic mass is 10.2. The number of anilines is 1. The summed E-state index contributed by atoms with van der Waals surface area (Å²) in [7, 11) is 3.22. The fourth-order valence-electron chi connectivity index (χ4n) is 1.19. The zero-order valence-corrected chi connectivity index (χ0v) is 7.55. The van der Waals surface area contributed by atoms with Crippen molar-refractivity contribution in [2.45, 2.75) is 6.92 Å². The molecule has 0 aliphatic rings. The number of nitrogen functional groups attached to an aromatic ring is 1. The van der Waals surface area contributed by atoms with Gasteiger partial charge in [0, 0.05) is 5.56 Å². The Balaban J connectivity index is 3.24. The van der Waals surface area contributed by atoms with Gasteiger partial charge in [0.1, 0.15) is 11.5 Å². The summed E-state index contributed by atoms with van der Waals surface area (Å²) in [4.78, 5) is 0. The molecule has 2 N–H and O–H groups in total. The number of rotatable bonds is 2. The number of ether oxygens (including phenoxy) is 2. The molecule has 0 heterocycles. The minimum Gasteiger partial charge on any atom is -0.496 e. The Hall–Kier alpha value is -1.38. The van der Waals surface area contributed by atoms with E-state index < -0.39 is 0 Å². The summed E-state index contributed by atoms with van der Waals surface area (Å²) in [5.74, 6) is 1.48. The van der Waals surface area contributed by atoms with Crippen molar-refractivity contribution >= 4 is 5.69 Å². The van der Waals surface area contributed by atoms with E-state index in [1.165, 1.54) is 0 Å². The number of methoxy groups -OCH3 is 2. The van der Waals surface area contributed by atoms with E-state index in [-0.39, 0.29) is 0 Å². The highest BCUT2D eigenvalue weighted by Gasteiger charge is 2.07. The minimum absolute atomic E-state index is 0.635. The van der Waals surface area contributed by atoms with Crippen LogP contribution in [0.15, 0.2) is 12.1 Å². The summed E-state index contributed by atoms with van der Waals surface area (Å²) >= 11 is 0. The van der Waals surface area contributed by atoms with Gasteiger partial charge in [0.05, 0.1) is 19.9 Å². The lowest BCUT2D eigenvalue weighted by molar-refractivity contribution is 0.390. The molecule has 12 heavy (non-hydrogen) atoms. The van der Waals surface area contributed by atoms with Crippen molar-refractivity contribution in [3.63, 3.8) is 0 Å². The van der Waals surface area contributed by atoms with Gasteiger partial charge in [-0.2, -0.15) is 0 Å². The highest BCUT2D eigenvalue weighted by atomic mass is 16.5. The second-order valence-corrected chi connectivity index (χ2v) is 2.52. The van der Waals surface area contributed by atoms with E-state index >= 15 is 0 Å². The van der Waals surface area contributed by atoms with Crippen LogP contribution in [0.3, 0.4) is 0 Å². The summed E-state index contributed by atoms with van der Waals surface area (Å²) < 4.78 is 10.2. The topological polar surface area (TPSA) is 44.5 Å². The first-order valence-corrected chi connectivity index (χ1v) is 3.67. The van der Waals surface area contributed by atoms with Gasteiger partial charge in [-0.1, -0.05) is 0 Å². The maximum atomic E-state index is 5.67. The van der Waals surface area contributed by atoms with Gasteiger partial charge < -0.3 is 15.2 Å². The van der Waals surface area contributed by atoms with Crippen molar-refractivity contribution in [1.82, 2.24) is 0 Å². The van der Waals surface area contributed by atoms with Crippen LogP contribution in [0.5, 0.6) is 11.5 Å². The summed E-state index contributed by atoms with van der Waals surface area (Å²) in [6.07, 6.45) is 0. The Labute approximate surface area is 72.1 Å². The van der Waals surface area contributed by atoms with Gasteiger partial charge in [0.2, 0.25) is 0 Å². The number of hydrogen-bond donors (Lipinski definition) is 1. The molecule has 1 rings (SSSR count). The fraction of sp³-hybridized carbons (Fsp3) is 0.333. The summed E-state index contributed by atoms with van der Waals surface area (Å²) in [6.45, 7) is 1.91. The molecule has 0 amide bonds. The molecule has 0 aliphatic carbocycles. The van der Waals surface area contributed by atoms with E-state index in [1.54, 1.807) is 20.3 Å². The van der Waals surface area contributed by atoms with Crippen molar-refractivity contribution in [2.75, 3.05) is 20.0 Å². The number of hydrogen-bond acceptors (Lipinski definition) is 3. The van der Waals surface area contributed by atoms with Crippen LogP contribution < -0.4 is 15.2 Å².